The lowest BCUT2D eigenvalue weighted by atomic mass is 9.47. The molecule has 3 saturated carbocycles. The molecule has 0 spiro atoms. The summed E-state index contributed by atoms with van der Waals surface area (Å²) in [6, 6.07) is 5.08. The molecule has 4 heteroatoms. The highest BCUT2D eigenvalue weighted by Crippen LogP contribution is 2.60. The van der Waals surface area contributed by atoms with Crippen LogP contribution in [0.2, 0.25) is 0 Å². The lowest BCUT2D eigenvalue weighted by molar-refractivity contribution is -0.0950. The molecule has 0 aromatic heterocycles. The number of fused-ring (bicyclic) bond motifs is 2. The van der Waals surface area contributed by atoms with Gasteiger partial charge in [0.2, 0.25) is 0 Å². The normalized spacial score (nSPS) is 32.2. The van der Waals surface area contributed by atoms with Gasteiger partial charge in [0.1, 0.15) is 5.82 Å². The zero-order valence-electron chi connectivity index (χ0n) is 15.6. The first-order valence-electron chi connectivity index (χ1n) is 9.95. The highest BCUT2D eigenvalue weighted by atomic mass is 19.1. The Hall–Kier alpha value is -1.29. The third-order valence-corrected chi connectivity index (χ3v) is 7.39. The molecule has 3 N–H and O–H groups in total. The van der Waals surface area contributed by atoms with Gasteiger partial charge in [-0.25, -0.2) is 4.39 Å². The largest absolute Gasteiger partial charge is 0.397 e. The fourth-order valence-electron chi connectivity index (χ4n) is 5.48. The predicted molar refractivity (Wildman–Crippen MR) is 102 cm³/mol. The summed E-state index contributed by atoms with van der Waals surface area (Å²) in [6.07, 6.45) is 6.64. The molecule has 5 rings (SSSR count). The van der Waals surface area contributed by atoms with E-state index in [-0.39, 0.29) is 5.82 Å². The van der Waals surface area contributed by atoms with Crippen LogP contribution in [0.15, 0.2) is 18.2 Å². The number of rotatable bonds is 4. The number of likely N-dealkylation sites (tertiary alicyclic amines) is 1. The van der Waals surface area contributed by atoms with Gasteiger partial charge in [0.15, 0.2) is 0 Å². The molecule has 2 atom stereocenters. The van der Waals surface area contributed by atoms with Gasteiger partial charge in [-0.3, -0.25) is 0 Å². The Morgan fingerprint density at radius 3 is 2.44 bits per heavy atom. The van der Waals surface area contributed by atoms with Gasteiger partial charge in [-0.15, -0.1) is 0 Å². The number of nitrogen functional groups attached to an aromatic ring is 1. The summed E-state index contributed by atoms with van der Waals surface area (Å²) in [5.74, 6) is 2.58. The van der Waals surface area contributed by atoms with Crippen molar-refractivity contribution in [1.82, 2.24) is 4.90 Å². The van der Waals surface area contributed by atoms with Crippen molar-refractivity contribution in [1.29, 1.82) is 0 Å². The maximum atomic E-state index is 13.2. The van der Waals surface area contributed by atoms with E-state index in [4.69, 9.17) is 5.73 Å². The molecule has 25 heavy (non-hydrogen) atoms. The molecular formula is C21H32FN3. The van der Waals surface area contributed by atoms with Crippen LogP contribution in [0.1, 0.15) is 46.0 Å². The number of hydrogen-bond acceptors (Lipinski definition) is 3. The van der Waals surface area contributed by atoms with Gasteiger partial charge in [0.05, 0.1) is 11.4 Å². The van der Waals surface area contributed by atoms with Gasteiger partial charge in [-0.05, 0) is 73.5 Å². The van der Waals surface area contributed by atoms with Crippen LogP contribution in [0.3, 0.4) is 0 Å². The van der Waals surface area contributed by atoms with Crippen LogP contribution in [-0.2, 0) is 0 Å². The van der Waals surface area contributed by atoms with Crippen molar-refractivity contribution in [3.05, 3.63) is 24.0 Å². The standard InChI is InChI=1S/C21H32FN3/c1-21(2)15-9-14(10-16(21)11-15)13-25-7-5-18(6-8-25)24-20-4-3-17(22)12-19(20)23/h3-4,12,14-16,18,24H,5-11,13,23H2,1-2H3. The second-order valence-electron chi connectivity index (χ2n) is 9.24. The first-order chi connectivity index (χ1) is 11.9. The fraction of sp³-hybridized carbons (Fsp3) is 0.714. The first-order valence-corrected chi connectivity index (χ1v) is 9.95. The van der Waals surface area contributed by atoms with Crippen LogP contribution in [0.5, 0.6) is 0 Å². The molecule has 4 fully saturated rings. The SMILES string of the molecule is CC1(C)C2CC(CN3CCC(Nc4ccc(F)cc4N)CC3)CC1C2. The zero-order chi connectivity index (χ0) is 17.6. The Bertz CT molecular complexity index is 608. The van der Waals surface area contributed by atoms with E-state index >= 15 is 0 Å². The second-order valence-corrected chi connectivity index (χ2v) is 9.24. The maximum absolute atomic E-state index is 13.2. The van der Waals surface area contributed by atoms with Crippen LogP contribution in [0, 0.1) is 29.0 Å². The topological polar surface area (TPSA) is 41.3 Å². The van der Waals surface area contributed by atoms with Gasteiger partial charge >= 0.3 is 0 Å². The van der Waals surface area contributed by atoms with Crippen molar-refractivity contribution in [3.8, 4) is 0 Å². The highest BCUT2D eigenvalue weighted by molar-refractivity contribution is 5.66. The highest BCUT2D eigenvalue weighted by Gasteiger charge is 2.52. The van der Waals surface area contributed by atoms with Crippen molar-refractivity contribution in [2.24, 2.45) is 23.2 Å². The van der Waals surface area contributed by atoms with E-state index in [0.717, 1.165) is 49.4 Å². The average molecular weight is 346 g/mol. The average Bonchev–Trinajstić information content (AvgIpc) is 2.59. The molecule has 3 aliphatic carbocycles. The van der Waals surface area contributed by atoms with Crippen molar-refractivity contribution >= 4 is 11.4 Å². The van der Waals surface area contributed by atoms with Crippen molar-refractivity contribution in [2.45, 2.75) is 52.0 Å². The maximum Gasteiger partial charge on any atom is 0.125 e. The van der Waals surface area contributed by atoms with E-state index in [1.165, 1.54) is 37.9 Å². The van der Waals surface area contributed by atoms with Crippen molar-refractivity contribution in [2.75, 3.05) is 30.7 Å². The molecule has 138 valence electrons. The van der Waals surface area contributed by atoms with E-state index in [9.17, 15) is 4.39 Å². The number of benzene rings is 1. The number of nitrogens with zero attached hydrogens (tertiary/aromatic N) is 1. The summed E-state index contributed by atoms with van der Waals surface area (Å²) in [5, 5.41) is 3.51. The molecule has 1 aromatic rings. The fourth-order valence-corrected chi connectivity index (χ4v) is 5.48. The molecular weight excluding hydrogens is 313 g/mol. The van der Waals surface area contributed by atoms with Crippen LogP contribution in [-0.4, -0.2) is 30.6 Å². The molecule has 1 saturated heterocycles. The van der Waals surface area contributed by atoms with Gasteiger partial charge < -0.3 is 16.0 Å². The minimum Gasteiger partial charge on any atom is -0.397 e. The smallest absolute Gasteiger partial charge is 0.125 e. The quantitative estimate of drug-likeness (QED) is 0.797. The molecule has 3 nitrogen and oxygen atoms in total. The molecule has 1 heterocycles. The molecule has 0 amide bonds. The molecule has 2 bridgehead atoms. The van der Waals surface area contributed by atoms with E-state index in [1.807, 2.05) is 0 Å². The van der Waals surface area contributed by atoms with Crippen LogP contribution in [0.4, 0.5) is 15.8 Å². The zero-order valence-corrected chi connectivity index (χ0v) is 15.6. The number of piperidine rings is 1. The Morgan fingerprint density at radius 2 is 1.84 bits per heavy atom. The van der Waals surface area contributed by atoms with Crippen molar-refractivity contribution < 1.29 is 4.39 Å². The van der Waals surface area contributed by atoms with Crippen LogP contribution in [0.25, 0.3) is 0 Å². The van der Waals surface area contributed by atoms with Crippen LogP contribution >= 0.6 is 0 Å². The third-order valence-electron chi connectivity index (χ3n) is 7.39. The summed E-state index contributed by atoms with van der Waals surface area (Å²) < 4.78 is 13.2. The molecule has 0 radical (unpaired) electrons. The molecule has 2 unspecified atom stereocenters. The number of halogens is 1. The van der Waals surface area contributed by atoms with Crippen LogP contribution < -0.4 is 11.1 Å². The number of anilines is 2. The first kappa shape index (κ1) is 17.1. The third kappa shape index (κ3) is 3.38. The lowest BCUT2D eigenvalue weighted by Crippen LogP contribution is -2.52. The predicted octanol–water partition coefficient (Wildman–Crippen LogP) is 4.36. The Balaban J connectivity index is 1.24. The Kier molecular flexibility index (Phi) is 4.43. The number of hydrogen-bond donors (Lipinski definition) is 2. The van der Waals surface area contributed by atoms with E-state index in [1.54, 1.807) is 6.07 Å². The number of nitrogens with two attached hydrogens (primary N) is 1. The van der Waals surface area contributed by atoms with Gasteiger partial charge in [0, 0.05) is 25.7 Å². The Morgan fingerprint density at radius 1 is 1.16 bits per heavy atom. The lowest BCUT2D eigenvalue weighted by Gasteiger charge is -2.59. The molecule has 1 aromatic carbocycles. The molecule has 1 aliphatic heterocycles. The summed E-state index contributed by atoms with van der Waals surface area (Å²) in [5.41, 5.74) is 7.91. The minimum atomic E-state index is -0.272. The van der Waals surface area contributed by atoms with E-state index in [0.29, 0.717) is 17.1 Å². The van der Waals surface area contributed by atoms with Gasteiger partial charge in [0.25, 0.3) is 0 Å². The number of nitrogens with one attached hydrogen (secondary N) is 1. The van der Waals surface area contributed by atoms with E-state index < -0.39 is 0 Å². The summed E-state index contributed by atoms with van der Waals surface area (Å²) in [7, 11) is 0. The van der Waals surface area contributed by atoms with Crippen molar-refractivity contribution in [3.63, 3.8) is 0 Å². The monoisotopic (exact) mass is 345 g/mol. The summed E-state index contributed by atoms with van der Waals surface area (Å²) in [4.78, 5) is 2.66. The Labute approximate surface area is 151 Å². The second kappa shape index (κ2) is 6.46. The molecule has 4 aliphatic rings. The minimum absolute atomic E-state index is 0.272. The van der Waals surface area contributed by atoms with Gasteiger partial charge in [-0.2, -0.15) is 0 Å². The van der Waals surface area contributed by atoms with Gasteiger partial charge in [-0.1, -0.05) is 13.8 Å². The summed E-state index contributed by atoms with van der Waals surface area (Å²) in [6.45, 7) is 8.55. The summed E-state index contributed by atoms with van der Waals surface area (Å²) >= 11 is 0. The van der Waals surface area contributed by atoms with E-state index in [2.05, 4.69) is 24.1 Å².